The monoisotopic (exact) mass is 331 g/mol. The van der Waals surface area contributed by atoms with Crippen LogP contribution in [0, 0.1) is 13.8 Å². The van der Waals surface area contributed by atoms with E-state index in [9.17, 15) is 5.11 Å². The Labute approximate surface area is 142 Å². The molecule has 0 saturated carbocycles. The average Bonchev–Trinajstić information content (AvgIpc) is 2.99. The van der Waals surface area contributed by atoms with Gasteiger partial charge >= 0.3 is 0 Å². The van der Waals surface area contributed by atoms with Crippen LogP contribution in [0.3, 0.4) is 0 Å². The molecule has 0 unspecified atom stereocenters. The summed E-state index contributed by atoms with van der Waals surface area (Å²) in [6, 6.07) is 4.13. The number of aromatic nitrogens is 1. The van der Waals surface area contributed by atoms with Crippen molar-refractivity contribution in [2.75, 3.05) is 19.6 Å². The van der Waals surface area contributed by atoms with Gasteiger partial charge in [-0.25, -0.2) is 4.98 Å². The molecule has 1 aromatic carbocycles. The molecule has 0 amide bonds. The van der Waals surface area contributed by atoms with E-state index in [1.54, 1.807) is 0 Å². The lowest BCUT2D eigenvalue weighted by Gasteiger charge is -2.31. The molecule has 1 aromatic heterocycles. The Morgan fingerprint density at radius 3 is 2.96 bits per heavy atom. The molecule has 3 rings (SSSR count). The van der Waals surface area contributed by atoms with E-state index in [-0.39, 0.29) is 0 Å². The molecule has 2 heterocycles. The molecule has 6 heteroatoms. The van der Waals surface area contributed by atoms with Crippen LogP contribution in [0.5, 0.6) is 5.75 Å². The lowest BCUT2D eigenvalue weighted by Crippen LogP contribution is -2.39. The Hall–Kier alpha value is -1.89. The molecule has 0 spiro atoms. The number of hydrogen-bond donors (Lipinski definition) is 2. The second kappa shape index (κ2) is 7.34. The van der Waals surface area contributed by atoms with Crippen LogP contribution in [0.2, 0.25) is 0 Å². The second-order valence-electron chi connectivity index (χ2n) is 6.35. The summed E-state index contributed by atoms with van der Waals surface area (Å²) in [4.78, 5) is 6.33. The van der Waals surface area contributed by atoms with Gasteiger partial charge in [-0.05, 0) is 43.0 Å². The highest BCUT2D eigenvalue weighted by molar-refractivity contribution is 5.45. The predicted molar refractivity (Wildman–Crippen MR) is 90.8 cm³/mol. The van der Waals surface area contributed by atoms with Crippen LogP contribution in [0.1, 0.15) is 28.1 Å². The molecule has 0 aliphatic carbocycles. The van der Waals surface area contributed by atoms with Gasteiger partial charge < -0.3 is 20.0 Å². The first kappa shape index (κ1) is 17.0. The van der Waals surface area contributed by atoms with Crippen molar-refractivity contribution < 1.29 is 14.3 Å². The van der Waals surface area contributed by atoms with Gasteiger partial charge in [0, 0.05) is 26.2 Å². The molecule has 1 atom stereocenters. The van der Waals surface area contributed by atoms with Crippen LogP contribution >= 0.6 is 0 Å². The van der Waals surface area contributed by atoms with E-state index in [0.29, 0.717) is 19.7 Å². The Morgan fingerprint density at radius 2 is 2.25 bits per heavy atom. The zero-order valence-electron chi connectivity index (χ0n) is 14.3. The third-order valence-electron chi connectivity index (χ3n) is 4.66. The van der Waals surface area contributed by atoms with Crippen molar-refractivity contribution in [3.63, 3.8) is 0 Å². The van der Waals surface area contributed by atoms with Gasteiger partial charge in [-0.2, -0.15) is 0 Å². The standard InChI is InChI=1S/C18H25N3O3/c1-12-16-5-6-21(9-15(22)7-19)8-14(16)3-4-17(12)23-10-18-13(2)20-11-24-18/h3-4,11,15,22H,5-10,19H2,1-2H3/t15-/m0/s1. The number of aliphatic hydroxyl groups excluding tert-OH is 1. The summed E-state index contributed by atoms with van der Waals surface area (Å²) in [5, 5.41) is 9.74. The summed E-state index contributed by atoms with van der Waals surface area (Å²) in [6.07, 6.45) is 1.94. The molecule has 1 aliphatic heterocycles. The predicted octanol–water partition coefficient (Wildman–Crippen LogP) is 1.55. The summed E-state index contributed by atoms with van der Waals surface area (Å²) in [5.41, 5.74) is 10.2. The van der Waals surface area contributed by atoms with Crippen LogP contribution in [0.4, 0.5) is 0 Å². The maximum absolute atomic E-state index is 9.74. The minimum absolute atomic E-state index is 0.302. The zero-order chi connectivity index (χ0) is 17.1. The number of nitrogens with two attached hydrogens (primary N) is 1. The van der Waals surface area contributed by atoms with Gasteiger partial charge in [0.05, 0.1) is 11.8 Å². The zero-order valence-corrected chi connectivity index (χ0v) is 14.3. The first-order chi connectivity index (χ1) is 11.6. The van der Waals surface area contributed by atoms with Gasteiger partial charge in [0.15, 0.2) is 12.2 Å². The first-order valence-electron chi connectivity index (χ1n) is 8.32. The SMILES string of the molecule is Cc1ncoc1COc1ccc2c(c1C)CCN(C[C@@H](O)CN)C2. The third-order valence-corrected chi connectivity index (χ3v) is 4.66. The molecule has 0 bridgehead atoms. The van der Waals surface area contributed by atoms with Crippen molar-refractivity contribution >= 4 is 0 Å². The lowest BCUT2D eigenvalue weighted by molar-refractivity contribution is 0.111. The minimum Gasteiger partial charge on any atom is -0.485 e. The number of oxazole rings is 1. The van der Waals surface area contributed by atoms with Gasteiger partial charge in [0.25, 0.3) is 0 Å². The van der Waals surface area contributed by atoms with Crippen LogP contribution < -0.4 is 10.5 Å². The number of rotatable bonds is 6. The van der Waals surface area contributed by atoms with Gasteiger partial charge in [-0.3, -0.25) is 4.90 Å². The van der Waals surface area contributed by atoms with E-state index in [1.165, 1.54) is 23.1 Å². The van der Waals surface area contributed by atoms with E-state index in [1.807, 2.05) is 13.0 Å². The van der Waals surface area contributed by atoms with Crippen molar-refractivity contribution in [1.29, 1.82) is 0 Å². The summed E-state index contributed by atoms with van der Waals surface area (Å²) < 4.78 is 11.3. The molecular weight excluding hydrogens is 306 g/mol. The quantitative estimate of drug-likeness (QED) is 0.835. The highest BCUT2D eigenvalue weighted by atomic mass is 16.5. The Bertz CT molecular complexity index is 699. The first-order valence-corrected chi connectivity index (χ1v) is 8.32. The van der Waals surface area contributed by atoms with E-state index >= 15 is 0 Å². The minimum atomic E-state index is -0.458. The summed E-state index contributed by atoms with van der Waals surface area (Å²) in [5.74, 6) is 1.65. The van der Waals surface area contributed by atoms with E-state index in [2.05, 4.69) is 22.9 Å². The molecule has 24 heavy (non-hydrogen) atoms. The van der Waals surface area contributed by atoms with Crippen molar-refractivity contribution in [2.45, 2.75) is 39.5 Å². The van der Waals surface area contributed by atoms with Crippen molar-refractivity contribution in [1.82, 2.24) is 9.88 Å². The molecular formula is C18H25N3O3. The number of β-amino-alcohol motifs (C(OH)–C–C–N with tert-alkyl or cyclic N) is 1. The highest BCUT2D eigenvalue weighted by Gasteiger charge is 2.21. The molecule has 2 aromatic rings. The number of hydrogen-bond acceptors (Lipinski definition) is 6. The van der Waals surface area contributed by atoms with Gasteiger partial charge in [-0.1, -0.05) is 6.07 Å². The van der Waals surface area contributed by atoms with E-state index in [4.69, 9.17) is 14.9 Å². The third kappa shape index (κ3) is 3.61. The summed E-state index contributed by atoms with van der Waals surface area (Å²) in [6.45, 7) is 7.09. The largest absolute Gasteiger partial charge is 0.485 e. The Balaban J connectivity index is 1.69. The normalized spacial score (nSPS) is 16.0. The van der Waals surface area contributed by atoms with Crippen molar-refractivity contribution in [2.24, 2.45) is 5.73 Å². The Morgan fingerprint density at radius 1 is 1.42 bits per heavy atom. The summed E-state index contributed by atoms with van der Waals surface area (Å²) in [7, 11) is 0. The second-order valence-corrected chi connectivity index (χ2v) is 6.35. The maximum Gasteiger partial charge on any atom is 0.181 e. The van der Waals surface area contributed by atoms with Gasteiger partial charge in [0.1, 0.15) is 12.4 Å². The molecule has 1 aliphatic rings. The fraction of sp³-hybridized carbons (Fsp3) is 0.500. The molecule has 0 fully saturated rings. The Kier molecular flexibility index (Phi) is 5.18. The van der Waals surface area contributed by atoms with Crippen molar-refractivity contribution in [3.05, 3.63) is 46.7 Å². The molecule has 3 N–H and O–H groups in total. The number of aliphatic hydroxyl groups is 1. The molecule has 6 nitrogen and oxygen atoms in total. The number of fused-ring (bicyclic) bond motifs is 1. The lowest BCUT2D eigenvalue weighted by atomic mass is 9.94. The smallest absolute Gasteiger partial charge is 0.181 e. The van der Waals surface area contributed by atoms with E-state index in [0.717, 1.165) is 36.7 Å². The van der Waals surface area contributed by atoms with Crippen LogP contribution in [0.25, 0.3) is 0 Å². The van der Waals surface area contributed by atoms with Crippen LogP contribution in [-0.2, 0) is 19.6 Å². The van der Waals surface area contributed by atoms with E-state index < -0.39 is 6.10 Å². The molecule has 0 radical (unpaired) electrons. The summed E-state index contributed by atoms with van der Waals surface area (Å²) >= 11 is 0. The topological polar surface area (TPSA) is 84.8 Å². The number of nitrogens with zero attached hydrogens (tertiary/aromatic N) is 2. The maximum atomic E-state index is 9.74. The average molecular weight is 331 g/mol. The fourth-order valence-electron chi connectivity index (χ4n) is 3.17. The van der Waals surface area contributed by atoms with Gasteiger partial charge in [-0.15, -0.1) is 0 Å². The number of aryl methyl sites for hydroxylation is 1. The fourth-order valence-corrected chi connectivity index (χ4v) is 3.17. The molecule has 0 saturated heterocycles. The number of ether oxygens (including phenoxy) is 1. The highest BCUT2D eigenvalue weighted by Crippen LogP contribution is 2.30. The van der Waals surface area contributed by atoms with Crippen LogP contribution in [0.15, 0.2) is 22.9 Å². The molecule has 130 valence electrons. The van der Waals surface area contributed by atoms with Crippen LogP contribution in [-0.4, -0.2) is 40.7 Å². The van der Waals surface area contributed by atoms with Crippen molar-refractivity contribution in [3.8, 4) is 5.75 Å². The van der Waals surface area contributed by atoms with Gasteiger partial charge in [0.2, 0.25) is 0 Å². The number of benzene rings is 1.